The molecule has 9 nitrogen and oxygen atoms in total. The molecule has 0 spiro atoms. The molecule has 226 valence electrons. The minimum absolute atomic E-state index is 0.135. The van der Waals surface area contributed by atoms with Gasteiger partial charge < -0.3 is 29.0 Å². The lowest BCUT2D eigenvalue weighted by atomic mass is 9.78. The molecule has 1 saturated carbocycles. The van der Waals surface area contributed by atoms with Crippen molar-refractivity contribution >= 4 is 5.91 Å². The molecule has 0 bridgehead atoms. The minimum atomic E-state index is -1.42. The summed E-state index contributed by atoms with van der Waals surface area (Å²) in [5, 5.41) is 12.1. The lowest BCUT2D eigenvalue weighted by molar-refractivity contribution is -0.183. The number of rotatable bonds is 10. The van der Waals surface area contributed by atoms with Crippen LogP contribution in [0.2, 0.25) is 0 Å². The van der Waals surface area contributed by atoms with Crippen LogP contribution in [0.5, 0.6) is 0 Å². The van der Waals surface area contributed by atoms with Crippen molar-refractivity contribution in [3.05, 3.63) is 70.8 Å². The molecule has 2 heterocycles. The van der Waals surface area contributed by atoms with Gasteiger partial charge in [-0.1, -0.05) is 18.2 Å². The number of nitriles is 1. The molecule has 1 unspecified atom stereocenters. The lowest BCUT2D eigenvalue weighted by Gasteiger charge is -2.43. The number of fused-ring (bicyclic) bond motifs is 1. The molecule has 2 aromatic carbocycles. The van der Waals surface area contributed by atoms with Gasteiger partial charge in [-0.2, -0.15) is 5.26 Å². The Bertz CT molecular complexity index is 1280. The highest BCUT2D eigenvalue weighted by Crippen LogP contribution is 2.44. The van der Waals surface area contributed by atoms with Crippen molar-refractivity contribution in [3.63, 3.8) is 0 Å². The number of hydrogen-bond acceptors (Lipinski definition) is 8. The van der Waals surface area contributed by atoms with Gasteiger partial charge in [0.1, 0.15) is 17.7 Å². The van der Waals surface area contributed by atoms with E-state index in [1.807, 2.05) is 26.0 Å². The zero-order valence-corrected chi connectivity index (χ0v) is 23.9. The van der Waals surface area contributed by atoms with Gasteiger partial charge in [0.05, 0.1) is 50.3 Å². The van der Waals surface area contributed by atoms with Crippen LogP contribution in [-0.2, 0) is 41.7 Å². The maximum atomic E-state index is 14.6. The van der Waals surface area contributed by atoms with E-state index in [2.05, 4.69) is 16.3 Å². The van der Waals surface area contributed by atoms with Crippen molar-refractivity contribution in [1.29, 1.82) is 5.26 Å². The van der Waals surface area contributed by atoms with E-state index in [-0.39, 0.29) is 37.5 Å². The van der Waals surface area contributed by atoms with E-state index in [9.17, 15) is 13.6 Å². The molecular weight excluding hydrogens is 548 g/mol. The molecular formula is C31H37F2N3O6. The third kappa shape index (κ3) is 7.32. The molecule has 5 rings (SSSR count). The highest BCUT2D eigenvalue weighted by Gasteiger charge is 2.58. The highest BCUT2D eigenvalue weighted by molar-refractivity contribution is 5.85. The number of carbonyl (C=O) groups is 1. The van der Waals surface area contributed by atoms with Crippen LogP contribution in [0.4, 0.5) is 8.78 Å². The maximum absolute atomic E-state index is 14.6. The van der Waals surface area contributed by atoms with E-state index >= 15 is 0 Å². The summed E-state index contributed by atoms with van der Waals surface area (Å²) in [6, 6.07) is 12.4. The number of nitrogens with one attached hydrogen (secondary N) is 1. The van der Waals surface area contributed by atoms with Crippen molar-refractivity contribution in [2.24, 2.45) is 0 Å². The van der Waals surface area contributed by atoms with E-state index in [1.165, 1.54) is 6.07 Å². The first kappa shape index (κ1) is 30.5. The normalized spacial score (nSPS) is 27.3. The number of ether oxygens (including phenoxy) is 5. The van der Waals surface area contributed by atoms with Crippen LogP contribution >= 0.6 is 0 Å². The third-order valence-corrected chi connectivity index (χ3v) is 7.95. The first-order valence-corrected chi connectivity index (χ1v) is 14.3. The van der Waals surface area contributed by atoms with E-state index < -0.39 is 41.3 Å². The van der Waals surface area contributed by atoms with Crippen molar-refractivity contribution in [3.8, 4) is 6.07 Å². The van der Waals surface area contributed by atoms with Gasteiger partial charge in [0, 0.05) is 50.7 Å². The molecule has 4 atom stereocenters. The summed E-state index contributed by atoms with van der Waals surface area (Å²) >= 11 is 0. The molecule has 42 heavy (non-hydrogen) atoms. The Hall–Kier alpha value is -2.98. The van der Waals surface area contributed by atoms with Crippen LogP contribution in [0.1, 0.15) is 43.4 Å². The number of morpholine rings is 1. The quantitative estimate of drug-likeness (QED) is 0.453. The monoisotopic (exact) mass is 585 g/mol. The number of benzene rings is 2. The zero-order chi connectivity index (χ0) is 29.7. The molecule has 0 radical (unpaired) electrons. The summed E-state index contributed by atoms with van der Waals surface area (Å²) < 4.78 is 58.6. The molecule has 2 saturated heterocycles. The molecule has 1 N–H and O–H groups in total. The summed E-state index contributed by atoms with van der Waals surface area (Å²) in [5.74, 6) is -2.70. The Kier molecular flexibility index (Phi) is 9.52. The fourth-order valence-electron chi connectivity index (χ4n) is 5.75. The van der Waals surface area contributed by atoms with Crippen LogP contribution in [-0.4, -0.2) is 79.9 Å². The summed E-state index contributed by atoms with van der Waals surface area (Å²) in [7, 11) is 0. The Morgan fingerprint density at radius 1 is 1.10 bits per heavy atom. The smallest absolute Gasteiger partial charge is 0.252 e. The first-order valence-electron chi connectivity index (χ1n) is 14.3. The van der Waals surface area contributed by atoms with Crippen molar-refractivity contribution < 1.29 is 37.3 Å². The largest absolute Gasteiger partial charge is 0.379 e. The number of halogens is 2. The Balaban J connectivity index is 1.37. The summed E-state index contributed by atoms with van der Waals surface area (Å²) in [6.45, 7) is 7.50. The summed E-state index contributed by atoms with van der Waals surface area (Å²) in [6.07, 6.45) is -1.27. The van der Waals surface area contributed by atoms with E-state index in [0.29, 0.717) is 31.9 Å². The number of carbonyl (C=O) groups excluding carboxylic acids is 1. The molecule has 3 aliphatic rings. The Morgan fingerprint density at radius 3 is 2.57 bits per heavy atom. The van der Waals surface area contributed by atoms with Crippen molar-refractivity contribution in [2.45, 2.75) is 69.6 Å². The third-order valence-electron chi connectivity index (χ3n) is 7.95. The SMILES string of the molecule is CC1(C)O[C@@H]2C[C@@](OCc3ccc(F)cc3F)(C(=O)NCCN3CCOCC3)CC(OCc3ccc(C#N)cc3)[C@@H]2O1. The second kappa shape index (κ2) is 13.1. The topological polar surface area (TPSA) is 102 Å². The number of hydrogen-bond donors (Lipinski definition) is 1. The van der Waals surface area contributed by atoms with Gasteiger partial charge in [0.15, 0.2) is 11.4 Å². The standard InChI is InChI=1S/C31H37F2N3O6/c1-30(2)41-27-17-31(40-20-23-7-8-24(32)15-25(23)33,29(37)35-9-10-36-11-13-38-14-12-36)16-26(28(27)42-30)39-19-22-5-3-21(18-34)4-6-22/h3-8,15,26-28H,9-14,16-17,19-20H2,1-2H3,(H,35,37)/t26?,27-,28+,31-/m1/s1. The van der Waals surface area contributed by atoms with Gasteiger partial charge in [0.25, 0.3) is 5.91 Å². The Morgan fingerprint density at radius 2 is 1.86 bits per heavy atom. The molecule has 1 aliphatic carbocycles. The summed E-state index contributed by atoms with van der Waals surface area (Å²) in [5.41, 5.74) is 0.105. The minimum Gasteiger partial charge on any atom is -0.379 e. The van der Waals surface area contributed by atoms with Gasteiger partial charge in [0.2, 0.25) is 0 Å². The zero-order valence-electron chi connectivity index (χ0n) is 23.9. The second-order valence-corrected chi connectivity index (χ2v) is 11.4. The van der Waals surface area contributed by atoms with Crippen LogP contribution in [0.3, 0.4) is 0 Å². The van der Waals surface area contributed by atoms with Gasteiger partial charge >= 0.3 is 0 Å². The van der Waals surface area contributed by atoms with Crippen LogP contribution in [0.25, 0.3) is 0 Å². The molecule has 11 heteroatoms. The molecule has 0 aromatic heterocycles. The van der Waals surface area contributed by atoms with Gasteiger partial charge in [-0.3, -0.25) is 9.69 Å². The fraction of sp³-hybridized carbons (Fsp3) is 0.548. The average Bonchev–Trinajstić information content (AvgIpc) is 3.29. The van der Waals surface area contributed by atoms with Crippen LogP contribution in [0.15, 0.2) is 42.5 Å². The summed E-state index contributed by atoms with van der Waals surface area (Å²) in [4.78, 5) is 16.2. The molecule has 3 fully saturated rings. The highest BCUT2D eigenvalue weighted by atomic mass is 19.1. The molecule has 2 aliphatic heterocycles. The second-order valence-electron chi connectivity index (χ2n) is 11.4. The van der Waals surface area contributed by atoms with E-state index in [1.54, 1.807) is 12.1 Å². The Labute approximate surface area is 244 Å². The molecule has 2 aromatic rings. The fourth-order valence-corrected chi connectivity index (χ4v) is 5.75. The maximum Gasteiger partial charge on any atom is 0.252 e. The van der Waals surface area contributed by atoms with Crippen molar-refractivity contribution in [1.82, 2.24) is 10.2 Å². The van der Waals surface area contributed by atoms with Crippen LogP contribution in [0, 0.1) is 23.0 Å². The predicted molar refractivity (Wildman–Crippen MR) is 147 cm³/mol. The predicted octanol–water partition coefficient (Wildman–Crippen LogP) is 3.44. The van der Waals surface area contributed by atoms with Gasteiger partial charge in [-0.15, -0.1) is 0 Å². The van der Waals surface area contributed by atoms with Crippen LogP contribution < -0.4 is 5.32 Å². The average molecular weight is 586 g/mol. The van der Waals surface area contributed by atoms with Gasteiger partial charge in [-0.05, 0) is 37.6 Å². The number of amides is 1. The lowest BCUT2D eigenvalue weighted by Crippen LogP contribution is -2.60. The van der Waals surface area contributed by atoms with Crippen molar-refractivity contribution in [2.75, 3.05) is 39.4 Å². The first-order chi connectivity index (χ1) is 20.2. The molecule has 1 amide bonds. The number of nitrogens with zero attached hydrogens (tertiary/aromatic N) is 2. The van der Waals surface area contributed by atoms with Gasteiger partial charge in [-0.25, -0.2) is 8.78 Å². The van der Waals surface area contributed by atoms with E-state index in [4.69, 9.17) is 28.9 Å². The van der Waals surface area contributed by atoms with E-state index in [0.717, 1.165) is 30.8 Å².